The summed E-state index contributed by atoms with van der Waals surface area (Å²) in [5.41, 5.74) is 1.96. The zero-order valence-electron chi connectivity index (χ0n) is 13.8. The van der Waals surface area contributed by atoms with Gasteiger partial charge in [-0.3, -0.25) is 4.79 Å². The highest BCUT2D eigenvalue weighted by atomic mass is 16.5. The summed E-state index contributed by atoms with van der Waals surface area (Å²) in [6.07, 6.45) is 5.45. The van der Waals surface area contributed by atoms with Gasteiger partial charge in [0, 0.05) is 17.9 Å². The Hall–Kier alpha value is -1.51. The van der Waals surface area contributed by atoms with Crippen LogP contribution in [-0.4, -0.2) is 17.0 Å². The normalized spacial score (nSPS) is 23.9. The Kier molecular flexibility index (Phi) is 3.92. The molecule has 0 spiro atoms. The fourth-order valence-electron chi connectivity index (χ4n) is 3.83. The number of ketones is 1. The quantitative estimate of drug-likeness (QED) is 0.893. The molecule has 1 aliphatic heterocycles. The molecule has 0 radical (unpaired) electrons. The molecule has 1 heterocycles. The van der Waals surface area contributed by atoms with Crippen LogP contribution in [-0.2, 0) is 10.2 Å². The Balaban J connectivity index is 1.95. The summed E-state index contributed by atoms with van der Waals surface area (Å²) in [4.78, 5) is 12.1. The van der Waals surface area contributed by atoms with Crippen molar-refractivity contribution < 1.29 is 14.6 Å². The maximum atomic E-state index is 12.1. The number of fused-ring (bicyclic) bond motifs is 3. The van der Waals surface area contributed by atoms with Crippen LogP contribution in [0.25, 0.3) is 0 Å². The number of hydrogen-bond acceptors (Lipinski definition) is 3. The monoisotopic (exact) mass is 302 g/mol. The van der Waals surface area contributed by atoms with Gasteiger partial charge in [-0.05, 0) is 42.4 Å². The fourth-order valence-corrected chi connectivity index (χ4v) is 3.83. The molecule has 3 rings (SSSR count). The lowest BCUT2D eigenvalue weighted by atomic mass is 9.77. The fraction of sp³-hybridized carbons (Fsp3) is 0.632. The van der Waals surface area contributed by atoms with Crippen molar-refractivity contribution in [3.05, 3.63) is 23.3 Å². The molecule has 0 amide bonds. The van der Waals surface area contributed by atoms with Gasteiger partial charge in [-0.15, -0.1) is 0 Å². The molecule has 1 aliphatic carbocycles. The standard InChI is InChI=1S/C19H26O3/c1-4-5-9-19(2,3)12-10-15(21)17-13-7-6-8-14(20)18(13)22-16(17)11-12/h10-11,13,18,21H,4-9H2,1-3H3. The molecule has 1 saturated carbocycles. The maximum absolute atomic E-state index is 12.1. The number of rotatable bonds is 4. The summed E-state index contributed by atoms with van der Waals surface area (Å²) < 4.78 is 5.93. The largest absolute Gasteiger partial charge is 0.508 e. The van der Waals surface area contributed by atoms with Gasteiger partial charge in [0.05, 0.1) is 0 Å². The van der Waals surface area contributed by atoms with Crippen LogP contribution >= 0.6 is 0 Å². The van der Waals surface area contributed by atoms with Gasteiger partial charge in [-0.1, -0.05) is 33.6 Å². The molecule has 1 aromatic rings. The zero-order valence-corrected chi connectivity index (χ0v) is 13.8. The molecule has 1 fully saturated rings. The van der Waals surface area contributed by atoms with E-state index in [1.807, 2.05) is 6.07 Å². The van der Waals surface area contributed by atoms with E-state index in [4.69, 9.17) is 4.74 Å². The minimum atomic E-state index is -0.372. The van der Waals surface area contributed by atoms with Gasteiger partial charge in [0.2, 0.25) is 0 Å². The average Bonchev–Trinajstić information content (AvgIpc) is 2.86. The average molecular weight is 302 g/mol. The Bertz CT molecular complexity index is 589. The van der Waals surface area contributed by atoms with Crippen LogP contribution < -0.4 is 4.74 Å². The number of aromatic hydroxyl groups is 1. The highest BCUT2D eigenvalue weighted by Crippen LogP contribution is 2.50. The van der Waals surface area contributed by atoms with E-state index in [9.17, 15) is 9.90 Å². The summed E-state index contributed by atoms with van der Waals surface area (Å²) in [6, 6.07) is 3.94. The first-order valence-corrected chi connectivity index (χ1v) is 8.51. The van der Waals surface area contributed by atoms with Crippen molar-refractivity contribution in [1.82, 2.24) is 0 Å². The van der Waals surface area contributed by atoms with Gasteiger partial charge in [0.1, 0.15) is 11.5 Å². The smallest absolute Gasteiger partial charge is 0.173 e. The number of carbonyl (C=O) groups is 1. The van der Waals surface area contributed by atoms with Crippen molar-refractivity contribution in [3.63, 3.8) is 0 Å². The number of benzene rings is 1. The molecule has 0 saturated heterocycles. The zero-order chi connectivity index (χ0) is 15.9. The Morgan fingerprint density at radius 2 is 2.14 bits per heavy atom. The van der Waals surface area contributed by atoms with Crippen molar-refractivity contribution in [2.75, 3.05) is 0 Å². The highest BCUT2D eigenvalue weighted by molar-refractivity contribution is 5.87. The van der Waals surface area contributed by atoms with E-state index in [-0.39, 0.29) is 23.2 Å². The van der Waals surface area contributed by atoms with Crippen LogP contribution in [0.4, 0.5) is 0 Å². The molecule has 3 heteroatoms. The second-order valence-corrected chi connectivity index (χ2v) is 7.40. The van der Waals surface area contributed by atoms with E-state index in [2.05, 4.69) is 26.8 Å². The Morgan fingerprint density at radius 3 is 2.86 bits per heavy atom. The minimum Gasteiger partial charge on any atom is -0.508 e. The first-order chi connectivity index (χ1) is 10.4. The molecule has 0 bridgehead atoms. The molecule has 0 aromatic heterocycles. The van der Waals surface area contributed by atoms with Crippen LogP contribution in [0.15, 0.2) is 12.1 Å². The van der Waals surface area contributed by atoms with E-state index in [1.54, 1.807) is 0 Å². The number of Topliss-reactive ketones (excluding diaryl/α,β-unsaturated/α-hetero) is 1. The highest BCUT2D eigenvalue weighted by Gasteiger charge is 2.43. The maximum Gasteiger partial charge on any atom is 0.173 e. The predicted octanol–water partition coefficient (Wildman–Crippen LogP) is 4.46. The van der Waals surface area contributed by atoms with Crippen molar-refractivity contribution in [3.8, 4) is 11.5 Å². The van der Waals surface area contributed by atoms with Gasteiger partial charge in [-0.25, -0.2) is 0 Å². The van der Waals surface area contributed by atoms with Gasteiger partial charge in [0.25, 0.3) is 0 Å². The van der Waals surface area contributed by atoms with Gasteiger partial charge in [-0.2, -0.15) is 0 Å². The number of carbonyl (C=O) groups excluding carboxylic acids is 1. The van der Waals surface area contributed by atoms with Crippen LogP contribution in [0.2, 0.25) is 0 Å². The van der Waals surface area contributed by atoms with Gasteiger partial charge >= 0.3 is 0 Å². The summed E-state index contributed by atoms with van der Waals surface area (Å²) in [5.74, 6) is 1.26. The van der Waals surface area contributed by atoms with E-state index >= 15 is 0 Å². The molecule has 2 aliphatic rings. The van der Waals surface area contributed by atoms with E-state index in [0.717, 1.165) is 49.0 Å². The first kappa shape index (κ1) is 15.4. The second kappa shape index (κ2) is 5.60. The van der Waals surface area contributed by atoms with Crippen LogP contribution in [0, 0.1) is 0 Å². The summed E-state index contributed by atoms with van der Waals surface area (Å²) in [5, 5.41) is 10.5. The number of phenolic OH excluding ortho intramolecular Hbond substituents is 1. The molecule has 1 N–H and O–H groups in total. The van der Waals surface area contributed by atoms with Crippen LogP contribution in [0.5, 0.6) is 11.5 Å². The summed E-state index contributed by atoms with van der Waals surface area (Å²) in [7, 11) is 0. The van der Waals surface area contributed by atoms with Gasteiger partial charge in [0.15, 0.2) is 11.9 Å². The molecule has 3 nitrogen and oxygen atoms in total. The number of hydrogen-bond donors (Lipinski definition) is 1. The van der Waals surface area contributed by atoms with E-state index in [1.165, 1.54) is 0 Å². The molecule has 1 aromatic carbocycles. The van der Waals surface area contributed by atoms with Crippen molar-refractivity contribution >= 4 is 5.78 Å². The molecule has 120 valence electrons. The third-order valence-electron chi connectivity index (χ3n) is 5.30. The number of ether oxygens (including phenoxy) is 1. The molecular weight excluding hydrogens is 276 g/mol. The van der Waals surface area contributed by atoms with Crippen LogP contribution in [0.1, 0.15) is 76.3 Å². The molecule has 2 atom stereocenters. The number of phenols is 1. The molecular formula is C19H26O3. The Labute approximate surface area is 132 Å². The minimum absolute atomic E-state index is 0.00362. The summed E-state index contributed by atoms with van der Waals surface area (Å²) in [6.45, 7) is 6.60. The van der Waals surface area contributed by atoms with Crippen molar-refractivity contribution in [2.24, 2.45) is 0 Å². The lowest BCUT2D eigenvalue weighted by molar-refractivity contribution is -0.127. The topological polar surface area (TPSA) is 46.5 Å². The molecule has 22 heavy (non-hydrogen) atoms. The molecule has 2 unspecified atom stereocenters. The third kappa shape index (κ3) is 2.51. The van der Waals surface area contributed by atoms with E-state index in [0.29, 0.717) is 12.2 Å². The predicted molar refractivity (Wildman–Crippen MR) is 86.7 cm³/mol. The SMILES string of the molecule is CCCCC(C)(C)c1cc(O)c2c(c1)OC1C(=O)CCCC21. The van der Waals surface area contributed by atoms with Crippen LogP contribution in [0.3, 0.4) is 0 Å². The third-order valence-corrected chi connectivity index (χ3v) is 5.30. The second-order valence-electron chi connectivity index (χ2n) is 7.40. The Morgan fingerprint density at radius 1 is 1.36 bits per heavy atom. The van der Waals surface area contributed by atoms with Crippen molar-refractivity contribution in [2.45, 2.75) is 76.7 Å². The van der Waals surface area contributed by atoms with Gasteiger partial charge < -0.3 is 9.84 Å². The lowest BCUT2D eigenvalue weighted by Crippen LogP contribution is -2.32. The van der Waals surface area contributed by atoms with Crippen molar-refractivity contribution in [1.29, 1.82) is 0 Å². The summed E-state index contributed by atoms with van der Waals surface area (Å²) >= 11 is 0. The first-order valence-electron chi connectivity index (χ1n) is 8.51. The van der Waals surface area contributed by atoms with E-state index < -0.39 is 0 Å². The number of unbranched alkanes of at least 4 members (excludes halogenated alkanes) is 1. The lowest BCUT2D eigenvalue weighted by Gasteiger charge is -2.26.